The van der Waals surface area contributed by atoms with Gasteiger partial charge in [-0.2, -0.15) is 0 Å². The van der Waals surface area contributed by atoms with Crippen molar-refractivity contribution in [2.24, 2.45) is 0 Å². The van der Waals surface area contributed by atoms with E-state index >= 15 is 0 Å². The van der Waals surface area contributed by atoms with E-state index in [1.165, 1.54) is 13.8 Å². The molecular formula is C7H13O6P. The van der Waals surface area contributed by atoms with E-state index in [4.69, 9.17) is 9.63 Å². The molecule has 0 aliphatic heterocycles. The van der Waals surface area contributed by atoms with Gasteiger partial charge in [0.2, 0.25) is 0 Å². The van der Waals surface area contributed by atoms with Crippen molar-refractivity contribution in [2.75, 3.05) is 14.2 Å². The SMILES string of the molecule is COP(=O)(OC)OC(C)=C(C)C(=O)O. The maximum absolute atomic E-state index is 11.4. The standard InChI is InChI=1S/C7H13O6P/c1-5(7(8)9)6(2)13-14(10,11-3)12-4/h1-4H3,(H,8,9). The van der Waals surface area contributed by atoms with Crippen LogP contribution in [0.25, 0.3) is 0 Å². The third-order valence-corrected chi connectivity index (χ3v) is 2.94. The van der Waals surface area contributed by atoms with Gasteiger partial charge in [0, 0.05) is 14.2 Å². The maximum atomic E-state index is 11.4. The number of carboxylic acids is 1. The lowest BCUT2D eigenvalue weighted by Gasteiger charge is -2.15. The summed E-state index contributed by atoms with van der Waals surface area (Å²) in [5.41, 5.74) is -0.0562. The number of allylic oxidation sites excluding steroid dienone is 1. The van der Waals surface area contributed by atoms with E-state index in [0.29, 0.717) is 0 Å². The fourth-order valence-corrected chi connectivity index (χ4v) is 1.31. The molecule has 0 fully saturated rings. The van der Waals surface area contributed by atoms with Gasteiger partial charge >= 0.3 is 13.8 Å². The highest BCUT2D eigenvalue weighted by molar-refractivity contribution is 7.48. The Morgan fingerprint density at radius 2 is 1.64 bits per heavy atom. The Balaban J connectivity index is 4.76. The number of aliphatic carboxylic acids is 1. The fraction of sp³-hybridized carbons (Fsp3) is 0.571. The first kappa shape index (κ1) is 13.2. The highest BCUT2D eigenvalue weighted by Gasteiger charge is 2.25. The minimum atomic E-state index is -3.65. The molecule has 0 radical (unpaired) electrons. The van der Waals surface area contributed by atoms with E-state index in [0.717, 1.165) is 14.2 Å². The lowest BCUT2D eigenvalue weighted by Crippen LogP contribution is -2.02. The zero-order valence-electron chi connectivity index (χ0n) is 8.44. The summed E-state index contributed by atoms with van der Waals surface area (Å²) >= 11 is 0. The van der Waals surface area contributed by atoms with Gasteiger partial charge in [-0.25, -0.2) is 9.36 Å². The van der Waals surface area contributed by atoms with Crippen molar-refractivity contribution < 1.29 is 28.0 Å². The van der Waals surface area contributed by atoms with Crippen molar-refractivity contribution in [3.63, 3.8) is 0 Å². The largest absolute Gasteiger partial charge is 0.529 e. The van der Waals surface area contributed by atoms with E-state index in [1.807, 2.05) is 0 Å². The first-order chi connectivity index (χ1) is 6.36. The Hall–Kier alpha value is -0.840. The molecule has 0 aromatic heterocycles. The Kier molecular flexibility index (Phi) is 4.83. The van der Waals surface area contributed by atoms with Crippen LogP contribution in [0, 0.1) is 0 Å². The molecule has 0 atom stereocenters. The average molecular weight is 224 g/mol. The van der Waals surface area contributed by atoms with Crippen LogP contribution >= 0.6 is 7.82 Å². The second-order valence-corrected chi connectivity index (χ2v) is 4.20. The van der Waals surface area contributed by atoms with Crippen LogP contribution in [0.3, 0.4) is 0 Å². The minimum absolute atomic E-state index is 0.00969. The second kappa shape index (κ2) is 5.14. The minimum Gasteiger partial charge on any atom is -0.478 e. The molecule has 0 aliphatic carbocycles. The molecule has 0 aromatic carbocycles. The molecule has 6 nitrogen and oxygen atoms in total. The quantitative estimate of drug-likeness (QED) is 0.435. The van der Waals surface area contributed by atoms with Crippen LogP contribution in [0.4, 0.5) is 0 Å². The zero-order valence-corrected chi connectivity index (χ0v) is 9.33. The molecule has 0 spiro atoms. The number of hydrogen-bond donors (Lipinski definition) is 1. The van der Waals surface area contributed by atoms with Gasteiger partial charge in [-0.15, -0.1) is 0 Å². The Morgan fingerprint density at radius 1 is 1.21 bits per heavy atom. The molecule has 0 unspecified atom stereocenters. The number of carboxylic acid groups (broad SMARTS) is 1. The summed E-state index contributed by atoms with van der Waals surface area (Å²) in [7, 11) is -1.36. The summed E-state index contributed by atoms with van der Waals surface area (Å²) < 4.78 is 25.1. The summed E-state index contributed by atoms with van der Waals surface area (Å²) in [6.07, 6.45) is 0. The van der Waals surface area contributed by atoms with Crippen molar-refractivity contribution in [2.45, 2.75) is 13.8 Å². The second-order valence-electron chi connectivity index (χ2n) is 2.39. The molecular weight excluding hydrogens is 211 g/mol. The molecule has 0 amide bonds. The number of hydrogen-bond acceptors (Lipinski definition) is 5. The molecule has 1 N–H and O–H groups in total. The first-order valence-electron chi connectivity index (χ1n) is 3.68. The number of phosphoric acid groups is 1. The summed E-state index contributed by atoms with van der Waals surface area (Å²) in [6, 6.07) is 0. The van der Waals surface area contributed by atoms with Gasteiger partial charge in [-0.05, 0) is 13.8 Å². The third-order valence-electron chi connectivity index (χ3n) is 1.54. The van der Waals surface area contributed by atoms with E-state index < -0.39 is 13.8 Å². The molecule has 7 heteroatoms. The van der Waals surface area contributed by atoms with Crippen LogP contribution in [0.15, 0.2) is 11.3 Å². The van der Waals surface area contributed by atoms with Gasteiger partial charge in [-0.3, -0.25) is 9.05 Å². The highest BCUT2D eigenvalue weighted by atomic mass is 31.2. The molecule has 14 heavy (non-hydrogen) atoms. The molecule has 0 rings (SSSR count). The predicted octanol–water partition coefficient (Wildman–Crippen LogP) is 1.78. The van der Waals surface area contributed by atoms with Crippen molar-refractivity contribution in [3.8, 4) is 0 Å². The summed E-state index contributed by atoms with van der Waals surface area (Å²) in [5.74, 6) is -1.16. The Labute approximate surface area is 82.1 Å². The average Bonchev–Trinajstić information content (AvgIpc) is 2.16. The summed E-state index contributed by atoms with van der Waals surface area (Å²) in [5, 5.41) is 8.59. The van der Waals surface area contributed by atoms with Gasteiger partial charge in [-0.1, -0.05) is 0 Å². The molecule has 0 bridgehead atoms. The predicted molar refractivity (Wildman–Crippen MR) is 48.7 cm³/mol. The van der Waals surface area contributed by atoms with Gasteiger partial charge in [0.15, 0.2) is 0 Å². The van der Waals surface area contributed by atoms with E-state index in [1.54, 1.807) is 0 Å². The first-order valence-corrected chi connectivity index (χ1v) is 5.14. The van der Waals surface area contributed by atoms with E-state index in [2.05, 4.69) is 9.05 Å². The fourth-order valence-electron chi connectivity index (χ4n) is 0.536. The smallest absolute Gasteiger partial charge is 0.478 e. The lowest BCUT2D eigenvalue weighted by atomic mass is 10.3. The topological polar surface area (TPSA) is 82.1 Å². The highest BCUT2D eigenvalue weighted by Crippen LogP contribution is 2.49. The van der Waals surface area contributed by atoms with Gasteiger partial charge < -0.3 is 9.63 Å². The van der Waals surface area contributed by atoms with Gasteiger partial charge in [0.1, 0.15) is 5.76 Å². The molecule has 0 heterocycles. The maximum Gasteiger partial charge on any atom is 0.529 e. The number of carbonyl (C=O) groups is 1. The summed E-state index contributed by atoms with van der Waals surface area (Å²) in [6.45, 7) is 2.70. The van der Waals surface area contributed by atoms with E-state index in [-0.39, 0.29) is 11.3 Å². The van der Waals surface area contributed by atoms with E-state index in [9.17, 15) is 9.36 Å². The zero-order chi connectivity index (χ0) is 11.4. The molecule has 0 aromatic rings. The molecule has 0 aliphatic rings. The van der Waals surface area contributed by atoms with Crippen molar-refractivity contribution in [3.05, 3.63) is 11.3 Å². The van der Waals surface area contributed by atoms with Crippen LogP contribution in [-0.2, 0) is 22.9 Å². The van der Waals surface area contributed by atoms with Crippen LogP contribution in [0.2, 0.25) is 0 Å². The molecule has 0 saturated carbocycles. The van der Waals surface area contributed by atoms with Crippen molar-refractivity contribution in [1.29, 1.82) is 0 Å². The van der Waals surface area contributed by atoms with Gasteiger partial charge in [0.25, 0.3) is 0 Å². The van der Waals surface area contributed by atoms with Crippen LogP contribution < -0.4 is 0 Å². The Morgan fingerprint density at radius 3 is 1.93 bits per heavy atom. The molecule has 82 valence electrons. The normalized spacial score (nSPS) is 13.4. The molecule has 0 saturated heterocycles. The van der Waals surface area contributed by atoms with Crippen molar-refractivity contribution in [1.82, 2.24) is 0 Å². The van der Waals surface area contributed by atoms with Crippen LogP contribution in [0.5, 0.6) is 0 Å². The van der Waals surface area contributed by atoms with Crippen LogP contribution in [-0.4, -0.2) is 25.3 Å². The monoisotopic (exact) mass is 224 g/mol. The number of rotatable bonds is 5. The van der Waals surface area contributed by atoms with Crippen molar-refractivity contribution >= 4 is 13.8 Å². The van der Waals surface area contributed by atoms with Gasteiger partial charge in [0.05, 0.1) is 5.57 Å². The third kappa shape index (κ3) is 3.49. The Bertz CT molecular complexity index is 287. The van der Waals surface area contributed by atoms with Crippen LogP contribution in [0.1, 0.15) is 13.8 Å². The summed E-state index contributed by atoms with van der Waals surface area (Å²) in [4.78, 5) is 10.5. The number of phosphoric ester groups is 1. The lowest BCUT2D eigenvalue weighted by molar-refractivity contribution is -0.132.